The molecule has 1 fully saturated rings. The quantitative estimate of drug-likeness (QED) is 0.899. The van der Waals surface area contributed by atoms with Crippen molar-refractivity contribution < 1.29 is 4.74 Å². The predicted octanol–water partition coefficient (Wildman–Crippen LogP) is 3.39. The number of ether oxygens (including phenoxy) is 1. The molecule has 0 aliphatic heterocycles. The molecular weight excluding hydrogens is 278 g/mol. The van der Waals surface area contributed by atoms with Crippen LogP contribution >= 0.6 is 15.9 Å². The Morgan fingerprint density at radius 3 is 2.65 bits per heavy atom. The zero-order chi connectivity index (χ0) is 12.3. The molecule has 2 nitrogen and oxygen atoms in total. The maximum Gasteiger partial charge on any atom is 0.133 e. The lowest BCUT2D eigenvalue weighted by atomic mass is 9.65. The second-order valence-corrected chi connectivity index (χ2v) is 5.88. The highest BCUT2D eigenvalue weighted by Gasteiger charge is 2.36. The third kappa shape index (κ3) is 2.83. The molecule has 3 heteroatoms. The largest absolute Gasteiger partial charge is 0.496 e. The lowest BCUT2D eigenvalue weighted by Crippen LogP contribution is -2.40. The Kier molecular flexibility index (Phi) is 4.10. The molecule has 0 aromatic heterocycles. The second kappa shape index (κ2) is 5.40. The molecule has 0 saturated heterocycles. The highest BCUT2D eigenvalue weighted by molar-refractivity contribution is 9.10. The van der Waals surface area contributed by atoms with E-state index >= 15 is 0 Å². The molecule has 2 rings (SSSR count). The van der Waals surface area contributed by atoms with Crippen LogP contribution in [0, 0.1) is 5.41 Å². The minimum absolute atomic E-state index is 0.489. The summed E-state index contributed by atoms with van der Waals surface area (Å²) >= 11 is 3.55. The summed E-state index contributed by atoms with van der Waals surface area (Å²) in [4.78, 5) is 0. The van der Waals surface area contributed by atoms with Crippen LogP contribution in [0.25, 0.3) is 0 Å². The van der Waals surface area contributed by atoms with Gasteiger partial charge in [-0.25, -0.2) is 0 Å². The van der Waals surface area contributed by atoms with Gasteiger partial charge < -0.3 is 10.1 Å². The molecule has 94 valence electrons. The number of halogens is 1. The van der Waals surface area contributed by atoms with E-state index in [1.54, 1.807) is 7.11 Å². The Morgan fingerprint density at radius 1 is 1.41 bits per heavy atom. The van der Waals surface area contributed by atoms with Gasteiger partial charge in [0.15, 0.2) is 0 Å². The Morgan fingerprint density at radius 2 is 2.18 bits per heavy atom. The van der Waals surface area contributed by atoms with E-state index in [4.69, 9.17) is 4.74 Å². The summed E-state index contributed by atoms with van der Waals surface area (Å²) in [7, 11) is 3.75. The number of rotatable bonds is 5. The van der Waals surface area contributed by atoms with Gasteiger partial charge in [0.2, 0.25) is 0 Å². The van der Waals surface area contributed by atoms with Crippen LogP contribution < -0.4 is 10.1 Å². The van der Waals surface area contributed by atoms with E-state index in [2.05, 4.69) is 33.4 Å². The van der Waals surface area contributed by atoms with Crippen LogP contribution in [0.15, 0.2) is 22.7 Å². The zero-order valence-electron chi connectivity index (χ0n) is 10.6. The number of benzene rings is 1. The van der Waals surface area contributed by atoms with Crippen molar-refractivity contribution in [1.82, 2.24) is 5.32 Å². The van der Waals surface area contributed by atoms with Crippen molar-refractivity contribution in [3.05, 3.63) is 28.2 Å². The number of hydrogen-bond acceptors (Lipinski definition) is 2. The van der Waals surface area contributed by atoms with Gasteiger partial charge in [0.25, 0.3) is 0 Å². The summed E-state index contributed by atoms with van der Waals surface area (Å²) in [5.41, 5.74) is 1.88. The molecule has 1 saturated carbocycles. The minimum Gasteiger partial charge on any atom is -0.496 e. The number of hydrogen-bond donors (Lipinski definition) is 1. The minimum atomic E-state index is 0.489. The molecule has 0 radical (unpaired) electrons. The van der Waals surface area contributed by atoms with Crippen LogP contribution in [0.1, 0.15) is 24.8 Å². The van der Waals surface area contributed by atoms with Crippen LogP contribution in [-0.2, 0) is 6.42 Å². The van der Waals surface area contributed by atoms with Crippen molar-refractivity contribution >= 4 is 15.9 Å². The Bertz CT molecular complexity index is 388. The highest BCUT2D eigenvalue weighted by Crippen LogP contribution is 2.43. The van der Waals surface area contributed by atoms with Crippen molar-refractivity contribution in [2.75, 3.05) is 20.7 Å². The number of nitrogens with one attached hydrogen (secondary N) is 1. The van der Waals surface area contributed by atoms with E-state index in [1.165, 1.54) is 24.8 Å². The standard InChI is InChI=1S/C14H20BrNO/c1-16-10-14(6-3-7-14)9-11-4-5-13(17-2)12(15)8-11/h4-5,8,16H,3,6-7,9-10H2,1-2H3. The van der Waals surface area contributed by atoms with Crippen LogP contribution in [0.3, 0.4) is 0 Å². The smallest absolute Gasteiger partial charge is 0.133 e. The summed E-state index contributed by atoms with van der Waals surface area (Å²) < 4.78 is 6.31. The van der Waals surface area contributed by atoms with Gasteiger partial charge in [-0.3, -0.25) is 0 Å². The number of methoxy groups -OCH3 is 1. The second-order valence-electron chi connectivity index (χ2n) is 5.03. The molecule has 17 heavy (non-hydrogen) atoms. The van der Waals surface area contributed by atoms with Gasteiger partial charge in [0.1, 0.15) is 5.75 Å². The molecule has 1 aliphatic rings. The Balaban J connectivity index is 2.10. The highest BCUT2D eigenvalue weighted by atomic mass is 79.9. The first-order valence-corrected chi connectivity index (χ1v) is 6.95. The monoisotopic (exact) mass is 297 g/mol. The van der Waals surface area contributed by atoms with Gasteiger partial charge in [0, 0.05) is 6.54 Å². The summed E-state index contributed by atoms with van der Waals surface area (Å²) in [5, 5.41) is 3.33. The van der Waals surface area contributed by atoms with Crippen LogP contribution in [0.2, 0.25) is 0 Å². The molecule has 1 aromatic carbocycles. The molecule has 0 amide bonds. The van der Waals surface area contributed by atoms with Gasteiger partial charge >= 0.3 is 0 Å². The first-order valence-electron chi connectivity index (χ1n) is 6.16. The van der Waals surface area contributed by atoms with Crippen molar-refractivity contribution in [2.45, 2.75) is 25.7 Å². The van der Waals surface area contributed by atoms with Crippen molar-refractivity contribution in [3.8, 4) is 5.75 Å². The summed E-state index contributed by atoms with van der Waals surface area (Å²) in [6, 6.07) is 6.42. The third-order valence-electron chi connectivity index (χ3n) is 3.76. The van der Waals surface area contributed by atoms with E-state index in [0.717, 1.165) is 23.2 Å². The molecule has 0 atom stereocenters. The molecule has 0 bridgehead atoms. The normalized spacial score (nSPS) is 17.6. The van der Waals surface area contributed by atoms with Gasteiger partial charge in [-0.2, -0.15) is 0 Å². The van der Waals surface area contributed by atoms with Crippen molar-refractivity contribution in [3.63, 3.8) is 0 Å². The molecule has 0 unspecified atom stereocenters. The van der Waals surface area contributed by atoms with Crippen molar-refractivity contribution in [2.24, 2.45) is 5.41 Å². The van der Waals surface area contributed by atoms with E-state index in [1.807, 2.05) is 13.1 Å². The SMILES string of the molecule is CNCC1(Cc2ccc(OC)c(Br)c2)CCC1. The molecule has 1 N–H and O–H groups in total. The lowest BCUT2D eigenvalue weighted by Gasteiger charge is -2.42. The fourth-order valence-electron chi connectivity index (χ4n) is 2.72. The molecule has 0 spiro atoms. The van der Waals surface area contributed by atoms with Crippen LogP contribution in [0.5, 0.6) is 5.75 Å². The van der Waals surface area contributed by atoms with Crippen LogP contribution in [-0.4, -0.2) is 20.7 Å². The maximum atomic E-state index is 5.26. The van der Waals surface area contributed by atoms with Crippen LogP contribution in [0.4, 0.5) is 0 Å². The van der Waals surface area contributed by atoms with Gasteiger partial charge in [-0.05, 0) is 65.4 Å². The first-order chi connectivity index (χ1) is 8.19. The Labute approximate surface area is 112 Å². The van der Waals surface area contributed by atoms with E-state index in [9.17, 15) is 0 Å². The molecule has 1 aliphatic carbocycles. The van der Waals surface area contributed by atoms with E-state index < -0.39 is 0 Å². The van der Waals surface area contributed by atoms with Gasteiger partial charge in [0.05, 0.1) is 11.6 Å². The van der Waals surface area contributed by atoms with Gasteiger partial charge in [-0.15, -0.1) is 0 Å². The summed E-state index contributed by atoms with van der Waals surface area (Å²) in [6.45, 7) is 1.12. The first kappa shape index (κ1) is 12.9. The topological polar surface area (TPSA) is 21.3 Å². The average molecular weight is 298 g/mol. The van der Waals surface area contributed by atoms with E-state index in [-0.39, 0.29) is 0 Å². The summed E-state index contributed by atoms with van der Waals surface area (Å²) in [5.74, 6) is 0.907. The third-order valence-corrected chi connectivity index (χ3v) is 4.38. The van der Waals surface area contributed by atoms with Gasteiger partial charge in [-0.1, -0.05) is 12.5 Å². The molecule has 1 aromatic rings. The molecule has 0 heterocycles. The predicted molar refractivity (Wildman–Crippen MR) is 74.6 cm³/mol. The summed E-state index contributed by atoms with van der Waals surface area (Å²) in [6.07, 6.45) is 5.23. The average Bonchev–Trinajstić information content (AvgIpc) is 2.26. The van der Waals surface area contributed by atoms with Crippen molar-refractivity contribution in [1.29, 1.82) is 0 Å². The Hall–Kier alpha value is -0.540. The lowest BCUT2D eigenvalue weighted by molar-refractivity contribution is 0.133. The molecular formula is C14H20BrNO. The zero-order valence-corrected chi connectivity index (χ0v) is 12.1. The fraction of sp³-hybridized carbons (Fsp3) is 0.571. The van der Waals surface area contributed by atoms with E-state index in [0.29, 0.717) is 5.41 Å². The fourth-order valence-corrected chi connectivity index (χ4v) is 3.31. The maximum absolute atomic E-state index is 5.26.